The Bertz CT molecular complexity index is 422. The van der Waals surface area contributed by atoms with E-state index in [1.807, 2.05) is 0 Å². The van der Waals surface area contributed by atoms with Crippen LogP contribution in [0.1, 0.15) is 52.8 Å². The number of hydrogen-bond donors (Lipinski definition) is 1. The summed E-state index contributed by atoms with van der Waals surface area (Å²) in [5, 5.41) is 3.59. The largest absolute Gasteiger partial charge is 0.480 e. The van der Waals surface area contributed by atoms with Crippen molar-refractivity contribution in [2.24, 2.45) is 0 Å². The Labute approximate surface area is 129 Å². The fourth-order valence-corrected chi connectivity index (χ4v) is 3.06. The van der Waals surface area contributed by atoms with Gasteiger partial charge >= 0.3 is 0 Å². The van der Waals surface area contributed by atoms with Crippen LogP contribution in [-0.4, -0.2) is 47.2 Å². The molecule has 0 saturated heterocycles. The molecule has 5 nitrogen and oxygen atoms in total. The smallest absolute Gasteiger partial charge is 0.237 e. The summed E-state index contributed by atoms with van der Waals surface area (Å²) < 4.78 is 5.43. The first kappa shape index (κ1) is 17.9. The van der Waals surface area contributed by atoms with Crippen LogP contribution in [0.4, 0.5) is 0 Å². The van der Waals surface area contributed by atoms with E-state index in [9.17, 15) is 0 Å². The highest BCUT2D eigenvalue weighted by atomic mass is 16.5. The van der Waals surface area contributed by atoms with Crippen molar-refractivity contribution < 1.29 is 4.74 Å². The number of ether oxygens (including phenoxy) is 1. The molecule has 2 unspecified atom stereocenters. The third kappa shape index (κ3) is 3.71. The van der Waals surface area contributed by atoms with Crippen LogP contribution in [0.15, 0.2) is 12.4 Å². The van der Waals surface area contributed by atoms with Crippen LogP contribution in [0.3, 0.4) is 0 Å². The molecule has 120 valence electrons. The molecule has 0 aliphatic carbocycles. The molecule has 0 aromatic carbocycles. The van der Waals surface area contributed by atoms with Crippen molar-refractivity contribution in [3.05, 3.63) is 18.1 Å². The summed E-state index contributed by atoms with van der Waals surface area (Å²) in [6.07, 6.45) is 4.43. The van der Waals surface area contributed by atoms with Crippen LogP contribution in [0, 0.1) is 0 Å². The van der Waals surface area contributed by atoms with E-state index in [4.69, 9.17) is 4.74 Å². The van der Waals surface area contributed by atoms with E-state index in [1.165, 1.54) is 0 Å². The summed E-state index contributed by atoms with van der Waals surface area (Å²) >= 11 is 0. The Hall–Kier alpha value is -1.20. The Morgan fingerprint density at radius 3 is 2.29 bits per heavy atom. The van der Waals surface area contributed by atoms with Crippen LogP contribution in [-0.2, 0) is 0 Å². The van der Waals surface area contributed by atoms with Crippen LogP contribution in [0.2, 0.25) is 0 Å². The molecule has 2 atom stereocenters. The van der Waals surface area contributed by atoms with Gasteiger partial charge in [0.05, 0.1) is 13.2 Å². The predicted octanol–water partition coefficient (Wildman–Crippen LogP) is 2.65. The highest BCUT2D eigenvalue weighted by molar-refractivity contribution is 5.25. The molecule has 0 saturated carbocycles. The fourth-order valence-electron chi connectivity index (χ4n) is 3.06. The average Bonchev–Trinajstić information content (AvgIpc) is 2.53. The summed E-state index contributed by atoms with van der Waals surface area (Å²) in [5.74, 6) is 0.607. The quantitative estimate of drug-likeness (QED) is 0.759. The minimum absolute atomic E-state index is 0.0389. The van der Waals surface area contributed by atoms with Crippen LogP contribution in [0.5, 0.6) is 5.88 Å². The van der Waals surface area contributed by atoms with Gasteiger partial charge in [0, 0.05) is 17.9 Å². The minimum atomic E-state index is -0.0389. The average molecular weight is 294 g/mol. The Morgan fingerprint density at radius 1 is 1.19 bits per heavy atom. The summed E-state index contributed by atoms with van der Waals surface area (Å²) in [5.41, 5.74) is 0.848. The van der Waals surface area contributed by atoms with Crippen LogP contribution in [0.25, 0.3) is 0 Å². The van der Waals surface area contributed by atoms with Crippen molar-refractivity contribution in [3.63, 3.8) is 0 Å². The van der Waals surface area contributed by atoms with Gasteiger partial charge in [-0.2, -0.15) is 0 Å². The van der Waals surface area contributed by atoms with Gasteiger partial charge in [-0.25, -0.2) is 4.98 Å². The first-order chi connectivity index (χ1) is 10.1. The lowest BCUT2D eigenvalue weighted by Gasteiger charge is -2.45. The standard InChI is InChI=1S/C16H30N4O/c1-7-16(5,20(9-3)10-4)14(17-8-2)13-15(21-6)19-12-11-18-13/h11-12,14,17H,7-10H2,1-6H3. The molecule has 0 amide bonds. The highest BCUT2D eigenvalue weighted by Crippen LogP contribution is 2.36. The Morgan fingerprint density at radius 2 is 1.81 bits per heavy atom. The van der Waals surface area contributed by atoms with Gasteiger partial charge in [-0.15, -0.1) is 0 Å². The Balaban J connectivity index is 3.31. The lowest BCUT2D eigenvalue weighted by atomic mass is 9.84. The maximum atomic E-state index is 5.43. The van der Waals surface area contributed by atoms with Crippen molar-refractivity contribution in [1.29, 1.82) is 0 Å². The first-order valence-corrected chi connectivity index (χ1v) is 7.92. The van der Waals surface area contributed by atoms with Gasteiger partial charge in [0.1, 0.15) is 5.69 Å². The molecule has 1 aromatic heterocycles. The SMILES string of the molecule is CCNC(c1nccnc1OC)C(C)(CC)N(CC)CC. The minimum Gasteiger partial charge on any atom is -0.480 e. The van der Waals surface area contributed by atoms with E-state index in [0.29, 0.717) is 5.88 Å². The third-order valence-corrected chi connectivity index (χ3v) is 4.39. The summed E-state index contributed by atoms with van der Waals surface area (Å²) in [4.78, 5) is 11.4. The van der Waals surface area contributed by atoms with Crippen molar-refractivity contribution in [2.45, 2.75) is 52.6 Å². The van der Waals surface area contributed by atoms with Crippen molar-refractivity contribution in [2.75, 3.05) is 26.7 Å². The molecule has 0 radical (unpaired) electrons. The lowest BCUT2D eigenvalue weighted by molar-refractivity contribution is 0.0675. The van der Waals surface area contributed by atoms with Gasteiger partial charge < -0.3 is 10.1 Å². The number of aromatic nitrogens is 2. The molecular formula is C16H30N4O. The van der Waals surface area contributed by atoms with E-state index >= 15 is 0 Å². The number of methoxy groups -OCH3 is 1. The third-order valence-electron chi connectivity index (χ3n) is 4.39. The number of hydrogen-bond acceptors (Lipinski definition) is 5. The second kappa shape index (κ2) is 8.29. The molecule has 1 rings (SSSR count). The molecule has 0 spiro atoms. The van der Waals surface area contributed by atoms with Gasteiger partial charge in [-0.05, 0) is 33.0 Å². The zero-order valence-corrected chi connectivity index (χ0v) is 14.3. The lowest BCUT2D eigenvalue weighted by Crippen LogP contribution is -2.54. The molecule has 1 aromatic rings. The normalized spacial score (nSPS) is 15.8. The highest BCUT2D eigenvalue weighted by Gasteiger charge is 2.40. The van der Waals surface area contributed by atoms with Crippen molar-refractivity contribution >= 4 is 0 Å². The monoisotopic (exact) mass is 294 g/mol. The van der Waals surface area contributed by atoms with E-state index in [2.05, 4.69) is 54.8 Å². The predicted molar refractivity (Wildman–Crippen MR) is 86.6 cm³/mol. The van der Waals surface area contributed by atoms with E-state index < -0.39 is 0 Å². The van der Waals surface area contributed by atoms with Gasteiger partial charge in [0.2, 0.25) is 5.88 Å². The molecule has 0 aliphatic heterocycles. The van der Waals surface area contributed by atoms with Crippen molar-refractivity contribution in [1.82, 2.24) is 20.2 Å². The number of rotatable bonds is 9. The zero-order chi connectivity index (χ0) is 15.9. The topological polar surface area (TPSA) is 50.3 Å². The molecule has 1 heterocycles. The second-order valence-corrected chi connectivity index (χ2v) is 5.32. The molecule has 1 N–H and O–H groups in total. The maximum absolute atomic E-state index is 5.43. The van der Waals surface area contributed by atoms with Gasteiger partial charge in [0.15, 0.2) is 0 Å². The summed E-state index contributed by atoms with van der Waals surface area (Å²) in [6.45, 7) is 13.9. The maximum Gasteiger partial charge on any atom is 0.237 e. The van der Waals surface area contributed by atoms with Crippen LogP contribution < -0.4 is 10.1 Å². The zero-order valence-electron chi connectivity index (χ0n) is 14.3. The molecule has 0 fully saturated rings. The van der Waals surface area contributed by atoms with E-state index in [0.717, 1.165) is 31.7 Å². The number of likely N-dealkylation sites (N-methyl/N-ethyl adjacent to an activating group) is 2. The molecule has 0 aliphatic rings. The van der Waals surface area contributed by atoms with E-state index in [1.54, 1.807) is 19.5 Å². The molecule has 5 heteroatoms. The second-order valence-electron chi connectivity index (χ2n) is 5.32. The summed E-state index contributed by atoms with van der Waals surface area (Å²) in [7, 11) is 1.65. The summed E-state index contributed by atoms with van der Waals surface area (Å²) in [6, 6.07) is 0.0797. The molecular weight excluding hydrogens is 264 g/mol. The molecule has 21 heavy (non-hydrogen) atoms. The van der Waals surface area contributed by atoms with Gasteiger partial charge in [-0.1, -0.05) is 27.7 Å². The number of nitrogens with zero attached hydrogens (tertiary/aromatic N) is 3. The fraction of sp³-hybridized carbons (Fsp3) is 0.750. The number of nitrogens with one attached hydrogen (secondary N) is 1. The molecule has 0 bridgehead atoms. The first-order valence-electron chi connectivity index (χ1n) is 7.92. The Kier molecular flexibility index (Phi) is 7.05. The van der Waals surface area contributed by atoms with Gasteiger partial charge in [-0.3, -0.25) is 9.88 Å². The van der Waals surface area contributed by atoms with Gasteiger partial charge in [0.25, 0.3) is 0 Å². The van der Waals surface area contributed by atoms with E-state index in [-0.39, 0.29) is 11.6 Å². The van der Waals surface area contributed by atoms with Crippen molar-refractivity contribution in [3.8, 4) is 5.88 Å². The van der Waals surface area contributed by atoms with Crippen LogP contribution >= 0.6 is 0 Å².